The maximum absolute atomic E-state index is 12.6. The number of hydrogen-bond acceptors (Lipinski definition) is 4. The van der Waals surface area contributed by atoms with Crippen molar-refractivity contribution < 1.29 is 23.5 Å². The van der Waals surface area contributed by atoms with Gasteiger partial charge in [0.25, 0.3) is 0 Å². The van der Waals surface area contributed by atoms with Gasteiger partial charge in [-0.1, -0.05) is 141 Å². The van der Waals surface area contributed by atoms with Gasteiger partial charge in [-0.05, 0) is 70.6 Å². The minimum atomic E-state index is -0.347. The van der Waals surface area contributed by atoms with Gasteiger partial charge in [0, 0.05) is 19.3 Å². The van der Waals surface area contributed by atoms with Gasteiger partial charge in [-0.3, -0.25) is 9.59 Å². The SMILES string of the molecule is CCCCCCCCC=CCCCCCCCC(=O)OCC(CCC[N+](C)(C)C)OC(=O)CCCCCCCC=CCCCCCCCC. The largest absolute Gasteiger partial charge is 0.462 e. The van der Waals surface area contributed by atoms with Gasteiger partial charge in [0.05, 0.1) is 27.7 Å². The predicted molar refractivity (Wildman–Crippen MR) is 212 cm³/mol. The zero-order valence-electron chi connectivity index (χ0n) is 33.6. The van der Waals surface area contributed by atoms with Crippen LogP contribution < -0.4 is 0 Å². The van der Waals surface area contributed by atoms with E-state index >= 15 is 0 Å². The van der Waals surface area contributed by atoms with E-state index in [2.05, 4.69) is 59.3 Å². The monoisotopic (exact) mass is 691 g/mol. The van der Waals surface area contributed by atoms with Crippen LogP contribution in [0.25, 0.3) is 0 Å². The number of carbonyl (C=O) groups excluding carboxylic acids is 2. The van der Waals surface area contributed by atoms with E-state index in [0.29, 0.717) is 12.8 Å². The predicted octanol–water partition coefficient (Wildman–Crippen LogP) is 13.0. The third-order valence-corrected chi connectivity index (χ3v) is 9.37. The second-order valence-corrected chi connectivity index (χ2v) is 15.6. The van der Waals surface area contributed by atoms with Crippen molar-refractivity contribution in [2.45, 2.75) is 213 Å². The molecule has 0 heterocycles. The third-order valence-electron chi connectivity index (χ3n) is 9.37. The van der Waals surface area contributed by atoms with Gasteiger partial charge in [0.1, 0.15) is 12.7 Å². The van der Waals surface area contributed by atoms with Gasteiger partial charge < -0.3 is 14.0 Å². The van der Waals surface area contributed by atoms with E-state index in [1.54, 1.807) is 0 Å². The van der Waals surface area contributed by atoms with Crippen LogP contribution in [0.1, 0.15) is 206 Å². The molecule has 1 unspecified atom stereocenters. The third kappa shape index (κ3) is 39.0. The quantitative estimate of drug-likeness (QED) is 0.0282. The van der Waals surface area contributed by atoms with Crippen molar-refractivity contribution in [3.63, 3.8) is 0 Å². The molecule has 0 saturated carbocycles. The highest BCUT2D eigenvalue weighted by molar-refractivity contribution is 5.70. The van der Waals surface area contributed by atoms with Gasteiger partial charge in [0.15, 0.2) is 0 Å². The highest BCUT2D eigenvalue weighted by Gasteiger charge is 2.18. The summed E-state index contributed by atoms with van der Waals surface area (Å²) < 4.78 is 12.3. The van der Waals surface area contributed by atoms with Crippen LogP contribution in [0.2, 0.25) is 0 Å². The summed E-state index contributed by atoms with van der Waals surface area (Å²) in [5.74, 6) is -0.316. The molecule has 0 aliphatic rings. The molecule has 0 radical (unpaired) electrons. The van der Waals surface area contributed by atoms with E-state index in [0.717, 1.165) is 49.6 Å². The van der Waals surface area contributed by atoms with Crippen LogP contribution in [-0.4, -0.2) is 56.8 Å². The Morgan fingerprint density at radius 3 is 1.27 bits per heavy atom. The van der Waals surface area contributed by atoms with Gasteiger partial charge in [-0.25, -0.2) is 0 Å². The minimum absolute atomic E-state index is 0.152. The number of carbonyl (C=O) groups is 2. The van der Waals surface area contributed by atoms with Crippen LogP contribution in [0.4, 0.5) is 0 Å². The molecule has 0 aromatic heterocycles. The topological polar surface area (TPSA) is 52.6 Å². The molecule has 49 heavy (non-hydrogen) atoms. The Kier molecular flexibility index (Phi) is 35.0. The fraction of sp³-hybridized carbons (Fsp3) is 0.864. The first-order valence-electron chi connectivity index (χ1n) is 21.2. The molecular formula is C44H84NO4+. The number of rotatable bonds is 37. The average Bonchev–Trinajstić information content (AvgIpc) is 3.06. The van der Waals surface area contributed by atoms with Crippen molar-refractivity contribution >= 4 is 11.9 Å². The Hall–Kier alpha value is -1.62. The van der Waals surface area contributed by atoms with Crippen LogP contribution in [-0.2, 0) is 19.1 Å². The molecule has 0 fully saturated rings. The number of unbranched alkanes of at least 4 members (excludes halogenated alkanes) is 22. The maximum Gasteiger partial charge on any atom is 0.306 e. The van der Waals surface area contributed by atoms with Crippen LogP contribution >= 0.6 is 0 Å². The average molecular weight is 691 g/mol. The molecule has 288 valence electrons. The smallest absolute Gasteiger partial charge is 0.306 e. The molecule has 0 saturated heterocycles. The Morgan fingerprint density at radius 2 is 0.857 bits per heavy atom. The van der Waals surface area contributed by atoms with Crippen molar-refractivity contribution in [1.29, 1.82) is 0 Å². The first kappa shape index (κ1) is 47.4. The highest BCUT2D eigenvalue weighted by Crippen LogP contribution is 2.14. The molecule has 1 atom stereocenters. The molecule has 0 N–H and O–H groups in total. The lowest BCUT2D eigenvalue weighted by atomic mass is 10.1. The van der Waals surface area contributed by atoms with Gasteiger partial charge in [-0.2, -0.15) is 0 Å². The Morgan fingerprint density at radius 1 is 0.490 bits per heavy atom. The lowest BCUT2D eigenvalue weighted by Crippen LogP contribution is -2.36. The molecule has 0 aromatic rings. The van der Waals surface area contributed by atoms with E-state index in [1.165, 1.54) is 141 Å². The molecule has 0 aromatic carbocycles. The van der Waals surface area contributed by atoms with Crippen LogP contribution in [0.3, 0.4) is 0 Å². The molecular weight excluding hydrogens is 606 g/mol. The van der Waals surface area contributed by atoms with E-state index in [-0.39, 0.29) is 24.6 Å². The lowest BCUT2D eigenvalue weighted by Gasteiger charge is -2.25. The first-order valence-corrected chi connectivity index (χ1v) is 21.2. The van der Waals surface area contributed by atoms with E-state index in [9.17, 15) is 9.59 Å². The molecule has 0 aliphatic heterocycles. The second kappa shape index (κ2) is 36.2. The van der Waals surface area contributed by atoms with Crippen LogP contribution in [0, 0.1) is 0 Å². The van der Waals surface area contributed by atoms with Crippen molar-refractivity contribution in [3.8, 4) is 0 Å². The Balaban J connectivity index is 4.02. The van der Waals surface area contributed by atoms with Gasteiger partial charge in [0.2, 0.25) is 0 Å². The highest BCUT2D eigenvalue weighted by atomic mass is 16.6. The summed E-state index contributed by atoms with van der Waals surface area (Å²) in [5, 5.41) is 0. The Bertz CT molecular complexity index is 784. The summed E-state index contributed by atoms with van der Waals surface area (Å²) in [6.45, 7) is 5.71. The summed E-state index contributed by atoms with van der Waals surface area (Å²) in [6.07, 6.45) is 43.9. The molecule has 5 nitrogen and oxygen atoms in total. The van der Waals surface area contributed by atoms with Crippen molar-refractivity contribution in [3.05, 3.63) is 24.3 Å². The zero-order valence-corrected chi connectivity index (χ0v) is 33.6. The van der Waals surface area contributed by atoms with E-state index in [1.807, 2.05) is 0 Å². The van der Waals surface area contributed by atoms with E-state index < -0.39 is 0 Å². The fourth-order valence-corrected chi connectivity index (χ4v) is 6.15. The van der Waals surface area contributed by atoms with E-state index in [4.69, 9.17) is 9.47 Å². The summed E-state index contributed by atoms with van der Waals surface area (Å²) >= 11 is 0. The summed E-state index contributed by atoms with van der Waals surface area (Å²) in [6, 6.07) is 0. The van der Waals surface area contributed by atoms with Crippen LogP contribution in [0.15, 0.2) is 24.3 Å². The fourth-order valence-electron chi connectivity index (χ4n) is 6.15. The van der Waals surface area contributed by atoms with Gasteiger partial charge >= 0.3 is 11.9 Å². The minimum Gasteiger partial charge on any atom is -0.462 e. The molecule has 0 amide bonds. The number of hydrogen-bond donors (Lipinski definition) is 0. The summed E-state index contributed by atoms with van der Waals surface area (Å²) in [5.41, 5.74) is 0. The molecule has 0 spiro atoms. The summed E-state index contributed by atoms with van der Waals surface area (Å²) in [7, 11) is 6.51. The number of allylic oxidation sites excluding steroid dienone is 4. The van der Waals surface area contributed by atoms with Crippen molar-refractivity contribution in [2.24, 2.45) is 0 Å². The molecule has 5 heteroatoms. The normalized spacial score (nSPS) is 12.7. The van der Waals surface area contributed by atoms with Crippen molar-refractivity contribution in [2.75, 3.05) is 34.3 Å². The van der Waals surface area contributed by atoms with Gasteiger partial charge in [-0.15, -0.1) is 0 Å². The first-order chi connectivity index (χ1) is 23.8. The maximum atomic E-state index is 12.6. The second-order valence-electron chi connectivity index (χ2n) is 15.6. The number of quaternary nitrogens is 1. The number of nitrogens with zero attached hydrogens (tertiary/aromatic N) is 1. The number of ether oxygens (including phenoxy) is 2. The lowest BCUT2D eigenvalue weighted by molar-refractivity contribution is -0.870. The molecule has 0 bridgehead atoms. The van der Waals surface area contributed by atoms with Crippen LogP contribution in [0.5, 0.6) is 0 Å². The Labute approximate surface area is 306 Å². The standard InChI is InChI=1S/C44H84NO4/c1-6-8-10-12-14-16-18-20-22-24-26-28-30-32-34-38-43(46)48-41-42(37-36-40-45(3,4)5)49-44(47)39-35-33-31-29-27-25-23-21-19-17-15-13-11-9-7-2/h20-23,42H,6-19,24-41H2,1-5H3/q+1. The molecule has 0 rings (SSSR count). The van der Waals surface area contributed by atoms with Crippen molar-refractivity contribution in [1.82, 2.24) is 0 Å². The summed E-state index contributed by atoms with van der Waals surface area (Å²) in [4.78, 5) is 25.1. The number of esters is 2. The zero-order chi connectivity index (χ0) is 36.1. The molecule has 0 aliphatic carbocycles.